The van der Waals surface area contributed by atoms with E-state index in [0.717, 1.165) is 19.6 Å². The highest BCUT2D eigenvalue weighted by atomic mass is 32.2. The van der Waals surface area contributed by atoms with Crippen molar-refractivity contribution in [1.29, 1.82) is 0 Å². The number of fused-ring (bicyclic) bond motifs is 1. The highest BCUT2D eigenvalue weighted by Gasteiger charge is 2.40. The summed E-state index contributed by atoms with van der Waals surface area (Å²) < 4.78 is 34.5. The summed E-state index contributed by atoms with van der Waals surface area (Å²) in [5, 5.41) is 0.139. The fourth-order valence-corrected chi connectivity index (χ4v) is 4.51. The fourth-order valence-electron chi connectivity index (χ4n) is 3.01. The van der Waals surface area contributed by atoms with Gasteiger partial charge in [0.15, 0.2) is 5.03 Å². The smallest absolute Gasteiger partial charge is 0.262 e. The van der Waals surface area contributed by atoms with Gasteiger partial charge in [0, 0.05) is 38.9 Å². The fraction of sp³-hybridized carbons (Fsp3) is 0.769. The van der Waals surface area contributed by atoms with Crippen LogP contribution in [-0.2, 0) is 21.8 Å². The number of sulfonamides is 1. The van der Waals surface area contributed by atoms with Crippen molar-refractivity contribution in [2.24, 2.45) is 7.05 Å². The van der Waals surface area contributed by atoms with Gasteiger partial charge in [-0.1, -0.05) is 0 Å². The van der Waals surface area contributed by atoms with Crippen LogP contribution in [0.1, 0.15) is 12.2 Å². The maximum atomic E-state index is 12.7. The lowest BCUT2D eigenvalue weighted by Gasteiger charge is -2.44. The van der Waals surface area contributed by atoms with Gasteiger partial charge >= 0.3 is 0 Å². The van der Waals surface area contributed by atoms with Crippen molar-refractivity contribution in [2.45, 2.75) is 30.5 Å². The Morgan fingerprint density at radius 1 is 1.33 bits per heavy atom. The van der Waals surface area contributed by atoms with E-state index in [-0.39, 0.29) is 17.2 Å². The summed E-state index contributed by atoms with van der Waals surface area (Å²) in [6, 6.07) is 0.132. The molecule has 3 rings (SSSR count). The Morgan fingerprint density at radius 3 is 2.76 bits per heavy atom. The highest BCUT2D eigenvalue weighted by molar-refractivity contribution is 7.89. The van der Waals surface area contributed by atoms with E-state index in [2.05, 4.69) is 9.88 Å². The molecule has 0 aliphatic carbocycles. The summed E-state index contributed by atoms with van der Waals surface area (Å²) in [5.41, 5.74) is 0. The molecule has 0 amide bonds. The second-order valence-electron chi connectivity index (χ2n) is 5.85. The van der Waals surface area contributed by atoms with Gasteiger partial charge < -0.3 is 9.30 Å². The van der Waals surface area contributed by atoms with Crippen LogP contribution in [0.4, 0.5) is 0 Å². The van der Waals surface area contributed by atoms with Gasteiger partial charge in [-0.15, -0.1) is 0 Å². The molecule has 1 aromatic heterocycles. The van der Waals surface area contributed by atoms with Crippen molar-refractivity contribution >= 4 is 10.0 Å². The van der Waals surface area contributed by atoms with Crippen LogP contribution >= 0.6 is 0 Å². The SMILES string of the molecule is Cc1nc(S(=O)(=O)N2CC[C@H]3OCCN(C)[C@H]3C2)cn1C. The van der Waals surface area contributed by atoms with E-state index < -0.39 is 10.0 Å². The number of likely N-dealkylation sites (N-methyl/N-ethyl adjacent to an activating group) is 1. The van der Waals surface area contributed by atoms with E-state index in [9.17, 15) is 8.42 Å². The molecule has 2 fully saturated rings. The number of rotatable bonds is 2. The van der Waals surface area contributed by atoms with E-state index in [1.54, 1.807) is 29.0 Å². The molecular weight excluding hydrogens is 292 g/mol. The summed E-state index contributed by atoms with van der Waals surface area (Å²) in [4.78, 5) is 6.36. The summed E-state index contributed by atoms with van der Waals surface area (Å²) in [6.07, 6.45) is 2.46. The van der Waals surface area contributed by atoms with Crippen LogP contribution < -0.4 is 0 Å². The minimum Gasteiger partial charge on any atom is -0.375 e. The number of hydrogen-bond acceptors (Lipinski definition) is 5. The zero-order valence-corrected chi connectivity index (χ0v) is 13.5. The normalized spacial score (nSPS) is 28.5. The monoisotopic (exact) mass is 314 g/mol. The average molecular weight is 314 g/mol. The number of aryl methyl sites for hydroxylation is 2. The Morgan fingerprint density at radius 2 is 2.10 bits per heavy atom. The molecule has 2 saturated heterocycles. The highest BCUT2D eigenvalue weighted by Crippen LogP contribution is 2.26. The molecule has 2 aliphatic rings. The van der Waals surface area contributed by atoms with Crippen LogP contribution in [0, 0.1) is 6.92 Å². The van der Waals surface area contributed by atoms with Gasteiger partial charge in [0.25, 0.3) is 10.0 Å². The van der Waals surface area contributed by atoms with Crippen molar-refractivity contribution in [1.82, 2.24) is 18.8 Å². The molecule has 21 heavy (non-hydrogen) atoms. The zero-order valence-electron chi connectivity index (χ0n) is 12.7. The molecule has 118 valence electrons. The Balaban J connectivity index is 1.83. The molecule has 0 radical (unpaired) electrons. The molecule has 0 saturated carbocycles. The van der Waals surface area contributed by atoms with Crippen molar-refractivity contribution in [3.05, 3.63) is 12.0 Å². The number of ether oxygens (including phenoxy) is 1. The number of morpholine rings is 1. The first-order chi connectivity index (χ1) is 9.89. The summed E-state index contributed by atoms with van der Waals surface area (Å²) >= 11 is 0. The van der Waals surface area contributed by atoms with Gasteiger partial charge in [-0.25, -0.2) is 13.4 Å². The second-order valence-corrected chi connectivity index (χ2v) is 7.73. The molecule has 1 aromatic rings. The molecule has 2 atom stereocenters. The van der Waals surface area contributed by atoms with Crippen LogP contribution in [0.25, 0.3) is 0 Å². The maximum absolute atomic E-state index is 12.7. The van der Waals surface area contributed by atoms with Gasteiger partial charge in [0.1, 0.15) is 5.82 Å². The predicted molar refractivity (Wildman–Crippen MR) is 77.5 cm³/mol. The quantitative estimate of drug-likeness (QED) is 0.758. The third kappa shape index (κ3) is 2.61. The second kappa shape index (κ2) is 5.35. The standard InChI is InChI=1S/C13H22N4O3S/c1-10-14-13(9-16(10)3)21(18,19)17-5-4-12-11(8-17)15(2)6-7-20-12/h9,11-12H,4-8H2,1-3H3/t11-,12+/m0/s1. The third-order valence-corrected chi connectivity index (χ3v) is 6.25. The topological polar surface area (TPSA) is 67.7 Å². The minimum absolute atomic E-state index is 0.132. The van der Waals surface area contributed by atoms with Crippen molar-refractivity contribution in [3.8, 4) is 0 Å². The molecule has 0 unspecified atom stereocenters. The van der Waals surface area contributed by atoms with Crippen LogP contribution in [0.3, 0.4) is 0 Å². The largest absolute Gasteiger partial charge is 0.375 e. The van der Waals surface area contributed by atoms with Crippen LogP contribution in [0.2, 0.25) is 0 Å². The average Bonchev–Trinajstić information content (AvgIpc) is 2.79. The van der Waals surface area contributed by atoms with Crippen LogP contribution in [0.15, 0.2) is 11.2 Å². The van der Waals surface area contributed by atoms with E-state index in [0.29, 0.717) is 18.9 Å². The van der Waals surface area contributed by atoms with Crippen LogP contribution in [-0.4, -0.2) is 72.6 Å². The molecule has 0 aromatic carbocycles. The van der Waals surface area contributed by atoms with E-state index in [1.165, 1.54) is 0 Å². The predicted octanol–water partition coefficient (Wildman–Crippen LogP) is -0.178. The molecule has 3 heterocycles. The van der Waals surface area contributed by atoms with Crippen molar-refractivity contribution in [3.63, 3.8) is 0 Å². The third-order valence-electron chi connectivity index (χ3n) is 4.52. The molecule has 0 bridgehead atoms. The van der Waals surface area contributed by atoms with Gasteiger partial charge in [0.2, 0.25) is 0 Å². The molecule has 0 spiro atoms. The van der Waals surface area contributed by atoms with Gasteiger partial charge in [-0.05, 0) is 20.4 Å². The lowest BCUT2D eigenvalue weighted by atomic mass is 10.0. The van der Waals surface area contributed by atoms with E-state index >= 15 is 0 Å². The number of aromatic nitrogens is 2. The summed E-state index contributed by atoms with van der Waals surface area (Å²) in [6.45, 7) is 4.34. The molecule has 7 nitrogen and oxygen atoms in total. The Kier molecular flexibility index (Phi) is 3.81. The molecular formula is C13H22N4O3S. The number of piperidine rings is 1. The van der Waals surface area contributed by atoms with Gasteiger partial charge in [0.05, 0.1) is 12.7 Å². The summed E-state index contributed by atoms with van der Waals surface area (Å²) in [7, 11) is 0.312. The molecule has 8 heteroatoms. The number of hydrogen-bond donors (Lipinski definition) is 0. The number of nitrogens with zero attached hydrogens (tertiary/aromatic N) is 4. The van der Waals surface area contributed by atoms with Gasteiger partial charge in [-0.3, -0.25) is 4.90 Å². The number of imidazole rings is 1. The Bertz CT molecular complexity index is 608. The first kappa shape index (κ1) is 15.0. The van der Waals surface area contributed by atoms with Crippen molar-refractivity contribution in [2.75, 3.05) is 33.3 Å². The van der Waals surface area contributed by atoms with Crippen LogP contribution in [0.5, 0.6) is 0 Å². The maximum Gasteiger partial charge on any atom is 0.262 e. The lowest BCUT2D eigenvalue weighted by Crippen LogP contribution is -2.59. The first-order valence-electron chi connectivity index (χ1n) is 7.21. The Labute approximate surface area is 125 Å². The first-order valence-corrected chi connectivity index (χ1v) is 8.65. The van der Waals surface area contributed by atoms with E-state index in [4.69, 9.17) is 4.74 Å². The molecule has 0 N–H and O–H groups in total. The lowest BCUT2D eigenvalue weighted by molar-refractivity contribution is -0.0840. The van der Waals surface area contributed by atoms with Crippen molar-refractivity contribution < 1.29 is 13.2 Å². The Hall–Kier alpha value is -0.960. The molecule has 2 aliphatic heterocycles. The summed E-state index contributed by atoms with van der Waals surface area (Å²) in [5.74, 6) is 0.696. The zero-order chi connectivity index (χ0) is 15.2. The minimum atomic E-state index is -3.52. The van der Waals surface area contributed by atoms with Gasteiger partial charge in [-0.2, -0.15) is 4.31 Å². The van der Waals surface area contributed by atoms with E-state index in [1.807, 2.05) is 7.05 Å².